The molecule has 0 amide bonds. The van der Waals surface area contributed by atoms with Crippen LogP contribution in [0.15, 0.2) is 29.4 Å². The van der Waals surface area contributed by atoms with Crippen molar-refractivity contribution in [3.05, 3.63) is 29.5 Å². The lowest BCUT2D eigenvalue weighted by molar-refractivity contribution is 0.0386. The molecule has 114 valence electrons. The molecule has 0 aromatic carbocycles. The maximum atomic E-state index is 12.7. The summed E-state index contributed by atoms with van der Waals surface area (Å²) in [6, 6.07) is 5.21. The van der Waals surface area contributed by atoms with Crippen molar-refractivity contribution < 1.29 is 13.2 Å². The molecule has 8 heteroatoms. The molecule has 0 aliphatic carbocycles. The van der Waals surface area contributed by atoms with Crippen LogP contribution in [0.3, 0.4) is 0 Å². The molecule has 21 heavy (non-hydrogen) atoms. The van der Waals surface area contributed by atoms with E-state index >= 15 is 0 Å². The average molecular weight is 330 g/mol. The molecule has 0 bridgehead atoms. The second kappa shape index (κ2) is 5.24. The number of aromatic nitrogens is 2. The molecule has 0 spiro atoms. The van der Waals surface area contributed by atoms with Crippen molar-refractivity contribution in [3.8, 4) is 0 Å². The fraction of sp³-hybridized carbons (Fsp3) is 0.462. The van der Waals surface area contributed by atoms with Crippen molar-refractivity contribution in [2.24, 2.45) is 0 Å². The normalized spacial score (nSPS) is 23.5. The second-order valence-electron chi connectivity index (χ2n) is 5.46. The number of fused-ring (bicyclic) bond motifs is 1. The monoisotopic (exact) mass is 329 g/mol. The van der Waals surface area contributed by atoms with Gasteiger partial charge in [-0.3, -0.25) is 4.40 Å². The molecule has 0 radical (unpaired) electrons. The summed E-state index contributed by atoms with van der Waals surface area (Å²) in [5.41, 5.74) is -0.132. The lowest BCUT2D eigenvalue weighted by Crippen LogP contribution is -2.51. The van der Waals surface area contributed by atoms with E-state index < -0.39 is 15.6 Å². The molecule has 1 unspecified atom stereocenters. The first-order chi connectivity index (χ1) is 9.91. The quantitative estimate of drug-likeness (QED) is 0.932. The first-order valence-corrected chi connectivity index (χ1v) is 8.52. The smallest absolute Gasteiger partial charge is 0.260 e. The van der Waals surface area contributed by atoms with Crippen molar-refractivity contribution in [1.82, 2.24) is 14.1 Å². The Hall–Kier alpha value is -1.15. The van der Waals surface area contributed by atoms with Gasteiger partial charge in [0.25, 0.3) is 10.0 Å². The van der Waals surface area contributed by atoms with Gasteiger partial charge in [0.1, 0.15) is 5.65 Å². The van der Waals surface area contributed by atoms with Crippen LogP contribution >= 0.6 is 11.6 Å². The summed E-state index contributed by atoms with van der Waals surface area (Å²) in [6.45, 7) is 2.84. The summed E-state index contributed by atoms with van der Waals surface area (Å²) in [7, 11) is -3.79. The summed E-state index contributed by atoms with van der Waals surface area (Å²) in [6.07, 6.45) is 3.17. The van der Waals surface area contributed by atoms with Crippen molar-refractivity contribution in [2.75, 3.05) is 13.2 Å². The molecule has 1 aliphatic heterocycles. The fourth-order valence-electron chi connectivity index (χ4n) is 2.57. The van der Waals surface area contributed by atoms with Crippen molar-refractivity contribution in [1.29, 1.82) is 0 Å². The Morgan fingerprint density at radius 1 is 1.48 bits per heavy atom. The number of hydrogen-bond donors (Lipinski definition) is 1. The van der Waals surface area contributed by atoms with Crippen LogP contribution in [0.2, 0.25) is 5.15 Å². The van der Waals surface area contributed by atoms with Crippen LogP contribution in [0.5, 0.6) is 0 Å². The largest absolute Gasteiger partial charge is 0.380 e. The lowest BCUT2D eigenvalue weighted by Gasteiger charge is -2.33. The number of halogens is 1. The summed E-state index contributed by atoms with van der Waals surface area (Å²) in [5, 5.41) is -0.0689. The van der Waals surface area contributed by atoms with E-state index in [1.165, 1.54) is 4.40 Å². The Morgan fingerprint density at radius 3 is 3.00 bits per heavy atom. The van der Waals surface area contributed by atoms with Gasteiger partial charge in [0.15, 0.2) is 10.2 Å². The number of pyridine rings is 1. The topological polar surface area (TPSA) is 72.7 Å². The fourth-order valence-corrected chi connectivity index (χ4v) is 4.64. The van der Waals surface area contributed by atoms with E-state index in [2.05, 4.69) is 9.71 Å². The number of ether oxygens (including phenoxy) is 1. The van der Waals surface area contributed by atoms with E-state index in [1.807, 2.05) is 6.92 Å². The second-order valence-corrected chi connectivity index (χ2v) is 7.41. The van der Waals surface area contributed by atoms with Crippen LogP contribution < -0.4 is 4.72 Å². The van der Waals surface area contributed by atoms with Crippen LogP contribution in [0.1, 0.15) is 19.8 Å². The number of sulfonamides is 1. The molecule has 0 saturated carbocycles. The highest BCUT2D eigenvalue weighted by Gasteiger charge is 2.35. The highest BCUT2D eigenvalue weighted by atomic mass is 35.5. The van der Waals surface area contributed by atoms with Gasteiger partial charge >= 0.3 is 0 Å². The molecule has 6 nitrogen and oxygen atoms in total. The molecule has 3 rings (SSSR count). The summed E-state index contributed by atoms with van der Waals surface area (Å²) >= 11 is 6.03. The maximum absolute atomic E-state index is 12.7. The number of hydrogen-bond acceptors (Lipinski definition) is 4. The zero-order chi connectivity index (χ0) is 15.1. The summed E-state index contributed by atoms with van der Waals surface area (Å²) in [4.78, 5) is 4.07. The minimum absolute atomic E-state index is 0.0333. The molecule has 1 atom stereocenters. The van der Waals surface area contributed by atoms with E-state index in [4.69, 9.17) is 16.3 Å². The van der Waals surface area contributed by atoms with Crippen LogP contribution in [0.4, 0.5) is 0 Å². The number of nitrogens with one attached hydrogen (secondary N) is 1. The van der Waals surface area contributed by atoms with Crippen LogP contribution in [0.25, 0.3) is 5.65 Å². The zero-order valence-corrected chi connectivity index (χ0v) is 13.1. The molecule has 1 fully saturated rings. The minimum Gasteiger partial charge on any atom is -0.380 e. The van der Waals surface area contributed by atoms with Gasteiger partial charge < -0.3 is 4.74 Å². The highest BCUT2D eigenvalue weighted by Crippen LogP contribution is 2.26. The van der Waals surface area contributed by atoms with Crippen molar-refractivity contribution >= 4 is 27.3 Å². The van der Waals surface area contributed by atoms with Gasteiger partial charge in [0, 0.05) is 12.8 Å². The first kappa shape index (κ1) is 14.8. The van der Waals surface area contributed by atoms with Gasteiger partial charge in [-0.2, -0.15) is 0 Å². The molecular weight excluding hydrogens is 314 g/mol. The number of nitrogens with zero attached hydrogens (tertiary/aromatic N) is 2. The van der Waals surface area contributed by atoms with E-state index in [-0.39, 0.29) is 10.2 Å². The van der Waals surface area contributed by atoms with E-state index in [0.717, 1.165) is 12.8 Å². The predicted octanol–water partition coefficient (Wildman–Crippen LogP) is 1.84. The van der Waals surface area contributed by atoms with Crippen LogP contribution in [-0.2, 0) is 14.8 Å². The summed E-state index contributed by atoms with van der Waals surface area (Å²) in [5.74, 6) is 0. The number of imidazole rings is 1. The van der Waals surface area contributed by atoms with E-state index in [1.54, 1.807) is 24.4 Å². The molecule has 1 saturated heterocycles. The van der Waals surface area contributed by atoms with Crippen LogP contribution in [0, 0.1) is 0 Å². The van der Waals surface area contributed by atoms with Crippen molar-refractivity contribution in [2.45, 2.75) is 30.3 Å². The molecule has 1 N–H and O–H groups in total. The highest BCUT2D eigenvalue weighted by molar-refractivity contribution is 7.89. The van der Waals surface area contributed by atoms with Gasteiger partial charge in [0.05, 0.1) is 12.1 Å². The number of rotatable bonds is 3. The molecule has 1 aliphatic rings. The van der Waals surface area contributed by atoms with E-state index in [0.29, 0.717) is 18.9 Å². The molecular formula is C13H16ClN3O3S. The van der Waals surface area contributed by atoms with Gasteiger partial charge in [-0.1, -0.05) is 17.7 Å². The maximum Gasteiger partial charge on any atom is 0.260 e. The predicted molar refractivity (Wildman–Crippen MR) is 79.0 cm³/mol. The van der Waals surface area contributed by atoms with Crippen LogP contribution in [-0.4, -0.2) is 36.6 Å². The van der Waals surface area contributed by atoms with Gasteiger partial charge in [-0.15, -0.1) is 0 Å². The average Bonchev–Trinajstić information content (AvgIpc) is 2.74. The Balaban J connectivity index is 2.02. The Labute approximate surface area is 128 Å². The van der Waals surface area contributed by atoms with Gasteiger partial charge in [-0.05, 0) is 31.9 Å². The summed E-state index contributed by atoms with van der Waals surface area (Å²) < 4.78 is 34.9. The third kappa shape index (κ3) is 2.78. The molecule has 2 aromatic rings. The molecule has 2 aromatic heterocycles. The van der Waals surface area contributed by atoms with E-state index in [9.17, 15) is 8.42 Å². The SMILES string of the molecule is CC1(NS(=O)(=O)c2c(Cl)nc3ccccn23)CCCOC1. The van der Waals surface area contributed by atoms with Crippen molar-refractivity contribution in [3.63, 3.8) is 0 Å². The Morgan fingerprint density at radius 2 is 2.29 bits per heavy atom. The third-order valence-corrected chi connectivity index (χ3v) is 5.56. The Kier molecular flexibility index (Phi) is 3.69. The van der Waals surface area contributed by atoms with Gasteiger partial charge in [0.2, 0.25) is 0 Å². The molecule has 3 heterocycles. The first-order valence-electron chi connectivity index (χ1n) is 6.66. The van der Waals surface area contributed by atoms with Gasteiger partial charge in [-0.25, -0.2) is 18.1 Å². The minimum atomic E-state index is -3.79. The zero-order valence-electron chi connectivity index (χ0n) is 11.5. The lowest BCUT2D eigenvalue weighted by atomic mass is 9.97. The third-order valence-electron chi connectivity index (χ3n) is 3.52. The Bertz CT molecular complexity index is 766. The standard InChI is InChI=1S/C13H16ClN3O3S/c1-13(6-4-8-20-9-13)16-21(18,19)12-11(14)15-10-5-2-3-7-17(10)12/h2-3,5,7,16H,4,6,8-9H2,1H3.